The van der Waals surface area contributed by atoms with Gasteiger partial charge >= 0.3 is 0 Å². The van der Waals surface area contributed by atoms with Crippen molar-refractivity contribution in [2.24, 2.45) is 0 Å². The van der Waals surface area contributed by atoms with Gasteiger partial charge in [0.15, 0.2) is 0 Å². The van der Waals surface area contributed by atoms with Gasteiger partial charge in [0.05, 0.1) is 18.8 Å². The quantitative estimate of drug-likeness (QED) is 0.618. The van der Waals surface area contributed by atoms with Gasteiger partial charge < -0.3 is 20.4 Å². The number of aliphatic hydroxyl groups is 4. The van der Waals surface area contributed by atoms with E-state index in [4.69, 9.17) is 0 Å². The number of benzene rings is 1. The lowest BCUT2D eigenvalue weighted by molar-refractivity contribution is -0.144. The third kappa shape index (κ3) is 3.81. The lowest BCUT2D eigenvalue weighted by Crippen LogP contribution is -2.62. The van der Waals surface area contributed by atoms with Crippen molar-refractivity contribution in [1.29, 1.82) is 0 Å². The maximum Gasteiger partial charge on any atom is 0.129 e. The number of hydrogen-bond acceptors (Lipinski definition) is 5. The molecule has 0 aromatic heterocycles. The largest absolute Gasteiger partial charge is 0.395 e. The summed E-state index contributed by atoms with van der Waals surface area (Å²) in [6.45, 7) is 4.98. The van der Waals surface area contributed by atoms with Crippen LogP contribution in [0, 0.1) is 11.6 Å². The van der Waals surface area contributed by atoms with Crippen molar-refractivity contribution in [2.45, 2.75) is 37.7 Å². The van der Waals surface area contributed by atoms with E-state index in [1.807, 2.05) is 0 Å². The molecule has 1 aromatic rings. The summed E-state index contributed by atoms with van der Waals surface area (Å²) < 4.78 is 28.3. The molecule has 4 N–H and O–H groups in total. The number of hydrogen-bond donors (Lipinski definition) is 4. The number of piperidine rings is 1. The van der Waals surface area contributed by atoms with Crippen LogP contribution in [0.5, 0.6) is 0 Å². The van der Waals surface area contributed by atoms with E-state index in [0.29, 0.717) is 11.1 Å². The van der Waals surface area contributed by atoms with E-state index in [9.17, 15) is 29.2 Å². The monoisotopic (exact) mass is 343 g/mol. The zero-order chi connectivity index (χ0) is 18.0. The number of nitrogens with zero attached hydrogens (tertiary/aromatic N) is 1. The summed E-state index contributed by atoms with van der Waals surface area (Å²) in [7, 11) is 0. The number of halogens is 2. The highest BCUT2D eigenvalue weighted by molar-refractivity contribution is 5.61. The first kappa shape index (κ1) is 19.0. The van der Waals surface area contributed by atoms with Gasteiger partial charge in [-0.25, -0.2) is 8.78 Å². The molecule has 134 valence electrons. The van der Waals surface area contributed by atoms with Crippen LogP contribution in [0.1, 0.15) is 18.1 Å². The Labute approximate surface area is 139 Å². The van der Waals surface area contributed by atoms with Gasteiger partial charge in [0.2, 0.25) is 0 Å². The van der Waals surface area contributed by atoms with Crippen LogP contribution in [0.15, 0.2) is 18.7 Å². The second-order valence-electron chi connectivity index (χ2n) is 6.24. The molecule has 0 radical (unpaired) electrons. The van der Waals surface area contributed by atoms with Crippen LogP contribution in [0.25, 0.3) is 5.57 Å². The Balaban J connectivity index is 2.14. The zero-order valence-corrected chi connectivity index (χ0v) is 13.5. The molecule has 4 atom stereocenters. The average Bonchev–Trinajstić information content (AvgIpc) is 2.51. The number of aliphatic hydroxyl groups excluding tert-OH is 4. The van der Waals surface area contributed by atoms with Crippen molar-refractivity contribution in [3.05, 3.63) is 41.5 Å². The molecule has 0 amide bonds. The minimum atomic E-state index is -1.36. The van der Waals surface area contributed by atoms with E-state index in [-0.39, 0.29) is 25.1 Å². The van der Waals surface area contributed by atoms with Gasteiger partial charge in [0.25, 0.3) is 0 Å². The van der Waals surface area contributed by atoms with Crippen molar-refractivity contribution >= 4 is 5.57 Å². The number of likely N-dealkylation sites (tertiary alicyclic amines) is 1. The van der Waals surface area contributed by atoms with Gasteiger partial charge in [-0.15, -0.1) is 0 Å². The van der Waals surface area contributed by atoms with Crippen LogP contribution >= 0.6 is 0 Å². The molecule has 1 heterocycles. The van der Waals surface area contributed by atoms with Crippen molar-refractivity contribution in [2.75, 3.05) is 19.7 Å². The van der Waals surface area contributed by atoms with E-state index in [0.717, 1.165) is 0 Å². The Morgan fingerprint density at radius 3 is 2.29 bits per heavy atom. The molecule has 0 aliphatic carbocycles. The molecule has 0 bridgehead atoms. The standard InChI is InChI=1S/C17H23F2NO4/c1-9(2)10-5-12(18)11(13(19)6-10)3-4-20-7-15(22)17(24)16(23)14(20)8-21/h5-6,14-17,21-24H,1,3-4,7-8H2,2H3/t14-,15+,16-,17-/m1/s1. The summed E-state index contributed by atoms with van der Waals surface area (Å²) in [4.78, 5) is 1.52. The fraction of sp³-hybridized carbons (Fsp3) is 0.529. The molecular weight excluding hydrogens is 320 g/mol. The van der Waals surface area contributed by atoms with E-state index in [1.54, 1.807) is 6.92 Å². The van der Waals surface area contributed by atoms with Gasteiger partial charge in [0, 0.05) is 18.7 Å². The van der Waals surface area contributed by atoms with Crippen LogP contribution < -0.4 is 0 Å². The minimum Gasteiger partial charge on any atom is -0.395 e. The molecule has 0 unspecified atom stereocenters. The Bertz CT molecular complexity index is 587. The number of rotatable bonds is 5. The minimum absolute atomic E-state index is 0.000171. The molecule has 1 saturated heterocycles. The zero-order valence-electron chi connectivity index (χ0n) is 13.5. The summed E-state index contributed by atoms with van der Waals surface area (Å²) in [5, 5.41) is 38.7. The summed E-state index contributed by atoms with van der Waals surface area (Å²) in [6.07, 6.45) is -3.88. The van der Waals surface area contributed by atoms with E-state index in [2.05, 4.69) is 6.58 Å². The lowest BCUT2D eigenvalue weighted by Gasteiger charge is -2.43. The first-order valence-corrected chi connectivity index (χ1v) is 7.79. The number of allylic oxidation sites excluding steroid dienone is 1. The first-order valence-electron chi connectivity index (χ1n) is 7.79. The van der Waals surface area contributed by atoms with Crippen molar-refractivity contribution in [1.82, 2.24) is 4.90 Å². The molecular formula is C17H23F2NO4. The molecule has 1 aromatic carbocycles. The highest BCUT2D eigenvalue weighted by Crippen LogP contribution is 2.23. The highest BCUT2D eigenvalue weighted by Gasteiger charge is 2.40. The SMILES string of the molecule is C=C(C)c1cc(F)c(CCN2C[C@H](O)[C@@H](O)[C@H](O)[C@H]2CO)c(F)c1. The van der Waals surface area contributed by atoms with Gasteiger partial charge in [-0.05, 0) is 31.0 Å². The van der Waals surface area contributed by atoms with Crippen molar-refractivity contribution < 1.29 is 29.2 Å². The van der Waals surface area contributed by atoms with Gasteiger partial charge in [-0.3, -0.25) is 4.90 Å². The predicted molar refractivity (Wildman–Crippen MR) is 85.2 cm³/mol. The smallest absolute Gasteiger partial charge is 0.129 e. The second-order valence-corrected chi connectivity index (χ2v) is 6.24. The Hall–Kier alpha value is -1.38. The Kier molecular flexibility index (Phi) is 6.06. The topological polar surface area (TPSA) is 84.2 Å². The molecule has 0 saturated carbocycles. The highest BCUT2D eigenvalue weighted by atomic mass is 19.1. The van der Waals surface area contributed by atoms with E-state index >= 15 is 0 Å². The van der Waals surface area contributed by atoms with Gasteiger partial charge in [-0.2, -0.15) is 0 Å². The maximum atomic E-state index is 14.1. The summed E-state index contributed by atoms with van der Waals surface area (Å²) in [6, 6.07) is 1.63. The molecule has 24 heavy (non-hydrogen) atoms. The second kappa shape index (κ2) is 7.67. The summed E-state index contributed by atoms with van der Waals surface area (Å²) in [5.74, 6) is -1.38. The predicted octanol–water partition coefficient (Wildman–Crippen LogP) is 0.300. The Morgan fingerprint density at radius 2 is 1.79 bits per heavy atom. The fourth-order valence-corrected chi connectivity index (χ4v) is 2.98. The van der Waals surface area contributed by atoms with Crippen LogP contribution in [-0.2, 0) is 6.42 Å². The van der Waals surface area contributed by atoms with Gasteiger partial charge in [0.1, 0.15) is 23.8 Å². The van der Waals surface area contributed by atoms with Crippen molar-refractivity contribution in [3.8, 4) is 0 Å². The van der Waals surface area contributed by atoms with Crippen LogP contribution in [0.3, 0.4) is 0 Å². The molecule has 2 rings (SSSR count). The Morgan fingerprint density at radius 1 is 1.21 bits per heavy atom. The molecule has 7 heteroatoms. The normalized spacial score (nSPS) is 28.1. The van der Waals surface area contributed by atoms with Crippen LogP contribution in [-0.4, -0.2) is 69.4 Å². The first-order chi connectivity index (χ1) is 11.3. The fourth-order valence-electron chi connectivity index (χ4n) is 2.98. The number of β-amino-alcohol motifs (C(OH)–C–C–N with tert-alkyl or cyclic N) is 1. The third-order valence-corrected chi connectivity index (χ3v) is 4.50. The molecule has 5 nitrogen and oxygen atoms in total. The summed E-state index contributed by atoms with van der Waals surface area (Å²) in [5.41, 5.74) is 0.830. The van der Waals surface area contributed by atoms with Gasteiger partial charge in [-0.1, -0.05) is 12.2 Å². The average molecular weight is 343 g/mol. The summed E-state index contributed by atoms with van der Waals surface area (Å²) >= 11 is 0. The van der Waals surface area contributed by atoms with Crippen LogP contribution in [0.2, 0.25) is 0 Å². The molecule has 1 aliphatic rings. The third-order valence-electron chi connectivity index (χ3n) is 4.50. The lowest BCUT2D eigenvalue weighted by atomic mass is 9.93. The van der Waals surface area contributed by atoms with E-state index < -0.39 is 42.6 Å². The maximum absolute atomic E-state index is 14.1. The molecule has 0 spiro atoms. The van der Waals surface area contributed by atoms with E-state index in [1.165, 1.54) is 17.0 Å². The van der Waals surface area contributed by atoms with Crippen molar-refractivity contribution in [3.63, 3.8) is 0 Å². The molecule has 1 fully saturated rings. The van der Waals surface area contributed by atoms with Crippen LogP contribution in [0.4, 0.5) is 8.78 Å². The molecule has 1 aliphatic heterocycles.